The molecule has 0 aliphatic carbocycles. The van der Waals surface area contributed by atoms with Gasteiger partial charge in [0.25, 0.3) is 0 Å². The molecule has 0 aliphatic rings. The van der Waals surface area contributed by atoms with E-state index in [-0.39, 0.29) is 5.95 Å². The van der Waals surface area contributed by atoms with Crippen LogP contribution in [-0.2, 0) is 0 Å². The number of nitrogens with two attached hydrogens (primary N) is 1. The number of nitrogen functional groups attached to an aromatic ring is 1. The topological polar surface area (TPSA) is 77.9 Å². The highest BCUT2D eigenvalue weighted by Gasteiger charge is 2.06. The zero-order valence-corrected chi connectivity index (χ0v) is 8.58. The minimum absolute atomic E-state index is 0.0102. The summed E-state index contributed by atoms with van der Waals surface area (Å²) in [7, 11) is 0. The monoisotopic (exact) mass is 196 g/mol. The van der Waals surface area contributed by atoms with Crippen LogP contribution in [-0.4, -0.2) is 11.5 Å². The lowest BCUT2D eigenvalue weighted by Crippen LogP contribution is -2.35. The number of anilines is 2. The summed E-state index contributed by atoms with van der Waals surface area (Å²) in [5.41, 5.74) is 5.98. The van der Waals surface area contributed by atoms with Crippen LogP contribution >= 0.6 is 0 Å². The molecule has 14 heavy (non-hydrogen) atoms. The molecule has 0 aliphatic heterocycles. The first-order valence-electron chi connectivity index (χ1n) is 4.75. The lowest BCUT2D eigenvalue weighted by molar-refractivity contribution is -0.599. The van der Waals surface area contributed by atoms with E-state index in [1.54, 1.807) is 13.0 Å². The molecule has 1 aromatic heterocycles. The van der Waals surface area contributed by atoms with Crippen molar-refractivity contribution < 1.29 is 4.73 Å². The van der Waals surface area contributed by atoms with E-state index in [9.17, 15) is 5.21 Å². The van der Waals surface area contributed by atoms with Crippen molar-refractivity contribution in [1.29, 1.82) is 0 Å². The Kier molecular flexibility index (Phi) is 3.50. The van der Waals surface area contributed by atoms with Gasteiger partial charge < -0.3 is 10.5 Å². The molecule has 0 amide bonds. The first-order chi connectivity index (χ1) is 6.65. The van der Waals surface area contributed by atoms with E-state index in [1.807, 2.05) is 0 Å². The predicted molar refractivity (Wildman–Crippen MR) is 55.7 cm³/mol. The Labute approximate surface area is 83.5 Å². The second kappa shape index (κ2) is 4.64. The molecule has 0 spiro atoms. The maximum absolute atomic E-state index is 11.2. The zero-order valence-electron chi connectivity index (χ0n) is 8.58. The average molecular weight is 196 g/mol. The molecule has 0 radical (unpaired) electrons. The standard InChI is InChI=1S/C9H16N4O/c1-3-4-5-11-8-6-7(2)13(14)9(10)12-8/h6H,3-5H2,1-2H3,(H3,10,11,12). The molecule has 5 heteroatoms. The maximum Gasteiger partial charge on any atom is 0.392 e. The summed E-state index contributed by atoms with van der Waals surface area (Å²) in [5, 5.41) is 14.3. The molecule has 0 bridgehead atoms. The van der Waals surface area contributed by atoms with E-state index < -0.39 is 0 Å². The molecule has 1 aromatic rings. The van der Waals surface area contributed by atoms with Crippen molar-refractivity contribution in [2.45, 2.75) is 26.7 Å². The number of nitrogens with one attached hydrogen (secondary N) is 1. The van der Waals surface area contributed by atoms with Crippen LogP contribution in [0.25, 0.3) is 0 Å². The number of rotatable bonds is 4. The molecule has 0 unspecified atom stereocenters. The molecule has 0 saturated carbocycles. The SMILES string of the molecule is CCCCNc1cc(C)[n+]([O-])c(N)n1. The summed E-state index contributed by atoms with van der Waals surface area (Å²) in [6.45, 7) is 4.67. The van der Waals surface area contributed by atoms with Gasteiger partial charge in [0.15, 0.2) is 0 Å². The van der Waals surface area contributed by atoms with Gasteiger partial charge in [0.2, 0.25) is 5.82 Å². The second-order valence-electron chi connectivity index (χ2n) is 3.22. The molecular formula is C9H16N4O. The average Bonchev–Trinajstić information content (AvgIpc) is 2.14. The minimum atomic E-state index is -0.0102. The molecule has 3 N–H and O–H groups in total. The van der Waals surface area contributed by atoms with Crippen molar-refractivity contribution in [1.82, 2.24) is 4.98 Å². The first kappa shape index (κ1) is 10.6. The number of hydrogen-bond donors (Lipinski definition) is 2. The van der Waals surface area contributed by atoms with E-state index in [1.165, 1.54) is 0 Å². The van der Waals surface area contributed by atoms with Crippen molar-refractivity contribution in [2.24, 2.45) is 0 Å². The van der Waals surface area contributed by atoms with Gasteiger partial charge in [0.05, 0.1) is 5.69 Å². The number of unbranched alkanes of at least 4 members (excludes halogenated alkanes) is 1. The Morgan fingerprint density at radius 1 is 1.64 bits per heavy atom. The molecular weight excluding hydrogens is 180 g/mol. The third-order valence-corrected chi connectivity index (χ3v) is 1.95. The third kappa shape index (κ3) is 2.48. The molecule has 0 atom stereocenters. The summed E-state index contributed by atoms with van der Waals surface area (Å²) in [4.78, 5) is 3.92. The van der Waals surface area contributed by atoms with Gasteiger partial charge in [-0.25, -0.2) is 4.73 Å². The van der Waals surface area contributed by atoms with Crippen LogP contribution in [0.3, 0.4) is 0 Å². The highest BCUT2D eigenvalue weighted by atomic mass is 16.5. The van der Waals surface area contributed by atoms with E-state index >= 15 is 0 Å². The van der Waals surface area contributed by atoms with Crippen LogP contribution in [0.2, 0.25) is 0 Å². The highest BCUT2D eigenvalue weighted by molar-refractivity contribution is 5.37. The van der Waals surface area contributed by atoms with Gasteiger partial charge in [0, 0.05) is 12.6 Å². The van der Waals surface area contributed by atoms with Crippen molar-refractivity contribution in [3.05, 3.63) is 17.0 Å². The highest BCUT2D eigenvalue weighted by Crippen LogP contribution is 2.05. The van der Waals surface area contributed by atoms with Crippen molar-refractivity contribution in [3.63, 3.8) is 0 Å². The number of nitrogens with zero attached hydrogens (tertiary/aromatic N) is 2. The van der Waals surface area contributed by atoms with E-state index in [4.69, 9.17) is 5.73 Å². The Morgan fingerprint density at radius 2 is 2.36 bits per heavy atom. The summed E-state index contributed by atoms with van der Waals surface area (Å²) in [6, 6.07) is 1.69. The first-order valence-corrected chi connectivity index (χ1v) is 4.75. The number of hydrogen-bond acceptors (Lipinski definition) is 4. The van der Waals surface area contributed by atoms with E-state index in [2.05, 4.69) is 17.2 Å². The van der Waals surface area contributed by atoms with Crippen molar-refractivity contribution >= 4 is 11.8 Å². The lowest BCUT2D eigenvalue weighted by Gasteiger charge is -2.10. The second-order valence-corrected chi connectivity index (χ2v) is 3.22. The number of aromatic nitrogens is 2. The molecule has 1 rings (SSSR count). The van der Waals surface area contributed by atoms with Gasteiger partial charge in [-0.05, 0) is 13.3 Å². The largest absolute Gasteiger partial charge is 0.740 e. The van der Waals surface area contributed by atoms with Crippen LogP contribution in [0.4, 0.5) is 11.8 Å². The summed E-state index contributed by atoms with van der Waals surface area (Å²) < 4.78 is 0.616. The fourth-order valence-corrected chi connectivity index (χ4v) is 1.12. The van der Waals surface area contributed by atoms with Crippen LogP contribution < -0.4 is 15.8 Å². The fourth-order valence-electron chi connectivity index (χ4n) is 1.12. The lowest BCUT2D eigenvalue weighted by atomic mass is 10.3. The van der Waals surface area contributed by atoms with E-state index in [0.29, 0.717) is 16.2 Å². The third-order valence-electron chi connectivity index (χ3n) is 1.95. The molecule has 0 fully saturated rings. The summed E-state index contributed by atoms with van der Waals surface area (Å²) in [5.74, 6) is 0.657. The Morgan fingerprint density at radius 3 is 2.93 bits per heavy atom. The fraction of sp³-hybridized carbons (Fsp3) is 0.556. The molecule has 0 saturated heterocycles. The van der Waals surface area contributed by atoms with Crippen molar-refractivity contribution in [3.8, 4) is 0 Å². The summed E-state index contributed by atoms with van der Waals surface area (Å²) >= 11 is 0. The molecule has 0 aromatic carbocycles. The van der Waals surface area contributed by atoms with Crippen LogP contribution in [0.15, 0.2) is 6.07 Å². The normalized spacial score (nSPS) is 10.1. The summed E-state index contributed by atoms with van der Waals surface area (Å²) in [6.07, 6.45) is 2.20. The van der Waals surface area contributed by atoms with Gasteiger partial charge >= 0.3 is 5.95 Å². The predicted octanol–water partition coefficient (Wildman–Crippen LogP) is 0.818. The maximum atomic E-state index is 11.2. The van der Waals surface area contributed by atoms with Crippen LogP contribution in [0.1, 0.15) is 25.5 Å². The van der Waals surface area contributed by atoms with Gasteiger partial charge in [-0.1, -0.05) is 18.3 Å². The van der Waals surface area contributed by atoms with Crippen LogP contribution in [0.5, 0.6) is 0 Å². The van der Waals surface area contributed by atoms with Gasteiger partial charge in [0.1, 0.15) is 0 Å². The van der Waals surface area contributed by atoms with Gasteiger partial charge in [-0.15, -0.1) is 0 Å². The van der Waals surface area contributed by atoms with Crippen molar-refractivity contribution in [2.75, 3.05) is 17.6 Å². The van der Waals surface area contributed by atoms with Crippen LogP contribution in [0, 0.1) is 12.1 Å². The molecule has 1 heterocycles. The quantitative estimate of drug-likeness (QED) is 0.424. The van der Waals surface area contributed by atoms with E-state index in [0.717, 1.165) is 19.4 Å². The minimum Gasteiger partial charge on any atom is -0.740 e. The Hall–Kier alpha value is -1.52. The van der Waals surface area contributed by atoms with Gasteiger partial charge in [-0.2, -0.15) is 0 Å². The molecule has 5 nitrogen and oxygen atoms in total. The molecule has 78 valence electrons. The smallest absolute Gasteiger partial charge is 0.392 e. The number of aryl methyl sites for hydroxylation is 1. The zero-order chi connectivity index (χ0) is 10.6. The Balaban J connectivity index is 2.69. The van der Waals surface area contributed by atoms with Gasteiger partial charge in [-0.3, -0.25) is 5.73 Å². The Bertz CT molecular complexity index is 291.